The third-order valence-corrected chi connectivity index (χ3v) is 2.24. The van der Waals surface area contributed by atoms with Crippen molar-refractivity contribution in [3.05, 3.63) is 53.7 Å². The summed E-state index contributed by atoms with van der Waals surface area (Å²) in [7, 11) is 0. The van der Waals surface area contributed by atoms with Crippen LogP contribution in [0.15, 0.2) is 42.5 Å². The molecule has 0 unspecified atom stereocenters. The van der Waals surface area contributed by atoms with Gasteiger partial charge in [0.05, 0.1) is 5.56 Å². The lowest BCUT2D eigenvalue weighted by Crippen LogP contribution is -2.04. The molecule has 0 atom stereocenters. The van der Waals surface area contributed by atoms with Gasteiger partial charge in [-0.25, -0.2) is 4.98 Å². The number of rotatable bonds is 2. The molecule has 0 amide bonds. The second-order valence-electron chi connectivity index (χ2n) is 3.60. The number of hydrogen-bond acceptors (Lipinski definition) is 3. The zero-order valence-electron chi connectivity index (χ0n) is 9.48. The minimum absolute atomic E-state index is 0.152. The van der Waals surface area contributed by atoms with Gasteiger partial charge in [-0.3, -0.25) is 0 Å². The molecule has 1 aromatic heterocycles. The van der Waals surface area contributed by atoms with Crippen LogP contribution in [0.3, 0.4) is 0 Å². The third-order valence-electron chi connectivity index (χ3n) is 2.24. The Morgan fingerprint density at radius 3 is 2.32 bits per heavy atom. The first-order valence-corrected chi connectivity index (χ1v) is 5.21. The molecule has 0 N–H and O–H groups in total. The summed E-state index contributed by atoms with van der Waals surface area (Å²) in [5.74, 6) is 0.370. The number of pyridine rings is 1. The fraction of sp³-hybridized carbons (Fsp3) is 0.0769. The number of nitriles is 1. The first kappa shape index (κ1) is 12.9. The van der Waals surface area contributed by atoms with E-state index < -0.39 is 11.7 Å². The van der Waals surface area contributed by atoms with Gasteiger partial charge in [-0.2, -0.15) is 18.4 Å². The van der Waals surface area contributed by atoms with Crippen LogP contribution in [0, 0.1) is 11.3 Å². The van der Waals surface area contributed by atoms with Gasteiger partial charge in [-0.1, -0.05) is 6.07 Å². The van der Waals surface area contributed by atoms with Crippen LogP contribution in [0.4, 0.5) is 13.2 Å². The highest BCUT2D eigenvalue weighted by Crippen LogP contribution is 2.31. The Bertz CT molecular complexity index is 615. The van der Waals surface area contributed by atoms with Crippen LogP contribution in [-0.4, -0.2) is 4.98 Å². The van der Waals surface area contributed by atoms with E-state index in [4.69, 9.17) is 10.00 Å². The summed E-state index contributed by atoms with van der Waals surface area (Å²) in [4.78, 5) is 3.85. The van der Waals surface area contributed by atoms with E-state index >= 15 is 0 Å². The monoisotopic (exact) mass is 264 g/mol. The summed E-state index contributed by atoms with van der Waals surface area (Å²) in [6, 6.07) is 10.7. The van der Waals surface area contributed by atoms with Crippen LogP contribution in [0.2, 0.25) is 0 Å². The van der Waals surface area contributed by atoms with Gasteiger partial charge >= 0.3 is 6.18 Å². The van der Waals surface area contributed by atoms with Gasteiger partial charge in [-0.15, -0.1) is 0 Å². The lowest BCUT2D eigenvalue weighted by molar-refractivity contribution is -0.137. The van der Waals surface area contributed by atoms with Gasteiger partial charge in [0.1, 0.15) is 17.5 Å². The van der Waals surface area contributed by atoms with Crippen molar-refractivity contribution in [1.82, 2.24) is 4.98 Å². The number of aromatic nitrogens is 1. The number of nitrogens with zero attached hydrogens (tertiary/aromatic N) is 2. The van der Waals surface area contributed by atoms with Crippen molar-refractivity contribution < 1.29 is 17.9 Å². The Labute approximate surface area is 106 Å². The Morgan fingerprint density at radius 2 is 1.74 bits per heavy atom. The van der Waals surface area contributed by atoms with Crippen LogP contribution in [0.1, 0.15) is 11.3 Å². The molecule has 0 spiro atoms. The van der Waals surface area contributed by atoms with E-state index in [1.165, 1.54) is 24.3 Å². The zero-order chi connectivity index (χ0) is 13.9. The van der Waals surface area contributed by atoms with E-state index in [0.717, 1.165) is 12.1 Å². The van der Waals surface area contributed by atoms with Crippen LogP contribution in [0.25, 0.3) is 0 Å². The molecule has 0 saturated carbocycles. The molecular formula is C13H7F3N2O. The van der Waals surface area contributed by atoms with Crippen LogP contribution in [-0.2, 0) is 6.18 Å². The summed E-state index contributed by atoms with van der Waals surface area (Å²) in [6.07, 6.45) is -4.38. The second-order valence-corrected chi connectivity index (χ2v) is 3.60. The number of benzene rings is 1. The van der Waals surface area contributed by atoms with Gasteiger partial charge in [0.2, 0.25) is 5.88 Å². The molecule has 19 heavy (non-hydrogen) atoms. The highest BCUT2D eigenvalue weighted by molar-refractivity contribution is 5.33. The molecule has 6 heteroatoms. The van der Waals surface area contributed by atoms with Crippen molar-refractivity contribution >= 4 is 0 Å². The smallest absolute Gasteiger partial charge is 0.416 e. The summed E-state index contributed by atoms with van der Waals surface area (Å²) in [6.45, 7) is 0. The SMILES string of the molecule is N#Cc1cccc(Oc2ccc(C(F)(F)F)cc2)n1. The highest BCUT2D eigenvalue weighted by Gasteiger charge is 2.30. The molecule has 96 valence electrons. The quantitative estimate of drug-likeness (QED) is 0.829. The average Bonchev–Trinajstić information content (AvgIpc) is 2.38. The lowest BCUT2D eigenvalue weighted by atomic mass is 10.2. The van der Waals surface area contributed by atoms with Crippen LogP contribution >= 0.6 is 0 Å². The van der Waals surface area contributed by atoms with Crippen LogP contribution in [0.5, 0.6) is 11.6 Å². The molecule has 2 rings (SSSR count). The van der Waals surface area contributed by atoms with Gasteiger partial charge in [0, 0.05) is 6.07 Å². The minimum Gasteiger partial charge on any atom is -0.439 e. The molecule has 3 nitrogen and oxygen atoms in total. The molecule has 1 aromatic carbocycles. The van der Waals surface area contributed by atoms with Crippen molar-refractivity contribution in [1.29, 1.82) is 5.26 Å². The topological polar surface area (TPSA) is 45.9 Å². The maximum Gasteiger partial charge on any atom is 0.416 e. The normalized spacial score (nSPS) is 10.8. The molecule has 0 fully saturated rings. The van der Waals surface area contributed by atoms with E-state index in [0.29, 0.717) is 0 Å². The van der Waals surface area contributed by atoms with Gasteiger partial charge < -0.3 is 4.74 Å². The summed E-state index contributed by atoms with van der Waals surface area (Å²) in [5, 5.41) is 8.66. The van der Waals surface area contributed by atoms with Crippen molar-refractivity contribution in [2.45, 2.75) is 6.18 Å². The molecule has 2 aromatic rings. The average molecular weight is 264 g/mol. The number of halogens is 3. The molecule has 0 aliphatic rings. The summed E-state index contributed by atoms with van der Waals surface area (Å²) >= 11 is 0. The molecule has 0 bridgehead atoms. The van der Waals surface area contributed by atoms with E-state index in [-0.39, 0.29) is 17.3 Å². The predicted octanol–water partition coefficient (Wildman–Crippen LogP) is 3.76. The molecule has 0 aliphatic heterocycles. The Kier molecular flexibility index (Phi) is 3.38. The second kappa shape index (κ2) is 4.98. The van der Waals surface area contributed by atoms with Gasteiger partial charge in [0.15, 0.2) is 0 Å². The molecule has 0 radical (unpaired) electrons. The first-order valence-electron chi connectivity index (χ1n) is 5.21. The highest BCUT2D eigenvalue weighted by atomic mass is 19.4. The van der Waals surface area contributed by atoms with Crippen molar-refractivity contribution in [3.63, 3.8) is 0 Å². The Hall–Kier alpha value is -2.55. The van der Waals surface area contributed by atoms with E-state index in [2.05, 4.69) is 4.98 Å². The van der Waals surface area contributed by atoms with Crippen LogP contribution < -0.4 is 4.74 Å². The van der Waals surface area contributed by atoms with Gasteiger partial charge in [-0.05, 0) is 30.3 Å². The lowest BCUT2D eigenvalue weighted by Gasteiger charge is -2.08. The predicted molar refractivity (Wildman–Crippen MR) is 60.5 cm³/mol. The maximum atomic E-state index is 12.4. The Balaban J connectivity index is 2.18. The summed E-state index contributed by atoms with van der Waals surface area (Å²) < 4.78 is 42.3. The molecule has 0 saturated heterocycles. The van der Waals surface area contributed by atoms with Crippen molar-refractivity contribution in [2.75, 3.05) is 0 Å². The van der Waals surface area contributed by atoms with E-state index in [9.17, 15) is 13.2 Å². The largest absolute Gasteiger partial charge is 0.439 e. The molecule has 1 heterocycles. The van der Waals surface area contributed by atoms with Crippen molar-refractivity contribution in [2.24, 2.45) is 0 Å². The fourth-order valence-corrected chi connectivity index (χ4v) is 1.37. The number of alkyl halides is 3. The molecular weight excluding hydrogens is 257 g/mol. The maximum absolute atomic E-state index is 12.4. The first-order chi connectivity index (χ1) is 8.99. The number of hydrogen-bond donors (Lipinski definition) is 0. The van der Waals surface area contributed by atoms with Crippen molar-refractivity contribution in [3.8, 4) is 17.7 Å². The summed E-state index contributed by atoms with van der Waals surface area (Å²) in [5.41, 5.74) is -0.581. The Morgan fingerprint density at radius 1 is 1.05 bits per heavy atom. The standard InChI is InChI=1S/C13H7F3N2O/c14-13(15,16)9-4-6-11(7-5-9)19-12-3-1-2-10(8-17)18-12/h1-7H. The van der Waals surface area contributed by atoms with E-state index in [1.54, 1.807) is 6.07 Å². The number of ether oxygens (including phenoxy) is 1. The minimum atomic E-state index is -4.38. The zero-order valence-corrected chi connectivity index (χ0v) is 9.48. The molecule has 0 aliphatic carbocycles. The third kappa shape index (κ3) is 3.22. The van der Waals surface area contributed by atoms with E-state index in [1.807, 2.05) is 6.07 Å². The van der Waals surface area contributed by atoms with Gasteiger partial charge in [0.25, 0.3) is 0 Å². The fourth-order valence-electron chi connectivity index (χ4n) is 1.37.